The normalized spacial score (nSPS) is 10.5. The summed E-state index contributed by atoms with van der Waals surface area (Å²) >= 11 is 3.44. The minimum absolute atomic E-state index is 0.712. The molecular weight excluding hydrogens is 304 g/mol. The van der Waals surface area contributed by atoms with Gasteiger partial charge in [-0.05, 0) is 40.5 Å². The lowest BCUT2D eigenvalue weighted by Crippen LogP contribution is -2.00. The Morgan fingerprint density at radius 2 is 1.95 bits per heavy atom. The first-order chi connectivity index (χ1) is 9.24. The molecule has 100 valence electrons. The maximum atomic E-state index is 5.78. The van der Waals surface area contributed by atoms with Crippen molar-refractivity contribution in [1.82, 2.24) is 9.97 Å². The fourth-order valence-corrected chi connectivity index (χ4v) is 2.20. The molecule has 0 amide bonds. The van der Waals surface area contributed by atoms with Crippen LogP contribution in [0.3, 0.4) is 0 Å². The van der Waals surface area contributed by atoms with E-state index in [1.807, 2.05) is 37.3 Å². The maximum absolute atomic E-state index is 5.78. The first-order valence-corrected chi connectivity index (χ1v) is 7.29. The van der Waals surface area contributed by atoms with Gasteiger partial charge < -0.3 is 4.74 Å². The SMILES string of the molecule is CCCOc1ccccc1-c1cc(Br)nc(CC)n1. The topological polar surface area (TPSA) is 35.0 Å². The Balaban J connectivity index is 2.43. The van der Waals surface area contributed by atoms with Gasteiger partial charge in [0.15, 0.2) is 0 Å². The molecule has 0 bridgehead atoms. The molecule has 2 aromatic rings. The van der Waals surface area contributed by atoms with E-state index >= 15 is 0 Å². The summed E-state index contributed by atoms with van der Waals surface area (Å²) in [6.07, 6.45) is 1.80. The molecule has 19 heavy (non-hydrogen) atoms. The third-order valence-corrected chi connectivity index (χ3v) is 3.09. The summed E-state index contributed by atoms with van der Waals surface area (Å²) in [7, 11) is 0. The molecule has 0 aliphatic carbocycles. The number of aromatic nitrogens is 2. The van der Waals surface area contributed by atoms with Gasteiger partial charge in [0.05, 0.1) is 12.3 Å². The Hall–Kier alpha value is -1.42. The van der Waals surface area contributed by atoms with Crippen LogP contribution >= 0.6 is 15.9 Å². The molecule has 0 radical (unpaired) electrons. The predicted octanol–water partition coefficient (Wildman–Crippen LogP) is 4.26. The molecule has 0 atom stereocenters. The van der Waals surface area contributed by atoms with Gasteiger partial charge in [-0.25, -0.2) is 9.97 Å². The van der Waals surface area contributed by atoms with E-state index in [4.69, 9.17) is 4.74 Å². The van der Waals surface area contributed by atoms with Gasteiger partial charge in [0, 0.05) is 12.0 Å². The Kier molecular flexibility index (Phi) is 4.91. The van der Waals surface area contributed by atoms with E-state index in [2.05, 4.69) is 32.8 Å². The number of aryl methyl sites for hydroxylation is 1. The summed E-state index contributed by atoms with van der Waals surface area (Å²) in [5, 5.41) is 0. The zero-order chi connectivity index (χ0) is 13.7. The molecule has 0 fully saturated rings. The van der Waals surface area contributed by atoms with E-state index in [0.29, 0.717) is 6.61 Å². The summed E-state index contributed by atoms with van der Waals surface area (Å²) in [6.45, 7) is 4.86. The summed E-state index contributed by atoms with van der Waals surface area (Å²) in [5.74, 6) is 1.70. The van der Waals surface area contributed by atoms with Gasteiger partial charge in [-0.1, -0.05) is 26.0 Å². The molecule has 4 heteroatoms. The number of hydrogen-bond acceptors (Lipinski definition) is 3. The maximum Gasteiger partial charge on any atom is 0.130 e. The minimum atomic E-state index is 0.712. The van der Waals surface area contributed by atoms with Crippen LogP contribution in [0.1, 0.15) is 26.1 Å². The lowest BCUT2D eigenvalue weighted by atomic mass is 10.1. The highest BCUT2D eigenvalue weighted by atomic mass is 79.9. The average molecular weight is 321 g/mol. The monoisotopic (exact) mass is 320 g/mol. The van der Waals surface area contributed by atoms with Crippen LogP contribution in [-0.4, -0.2) is 16.6 Å². The van der Waals surface area contributed by atoms with Gasteiger partial charge in [-0.15, -0.1) is 0 Å². The van der Waals surface area contributed by atoms with Crippen LogP contribution in [0.15, 0.2) is 34.9 Å². The van der Waals surface area contributed by atoms with E-state index in [1.165, 1.54) is 0 Å². The summed E-state index contributed by atoms with van der Waals surface area (Å²) in [4.78, 5) is 8.90. The van der Waals surface area contributed by atoms with Crippen molar-refractivity contribution < 1.29 is 4.74 Å². The van der Waals surface area contributed by atoms with Gasteiger partial charge in [0.2, 0.25) is 0 Å². The highest BCUT2D eigenvalue weighted by Gasteiger charge is 2.09. The zero-order valence-corrected chi connectivity index (χ0v) is 12.8. The first kappa shape index (κ1) is 14.0. The third-order valence-electron chi connectivity index (χ3n) is 2.68. The van der Waals surface area contributed by atoms with Gasteiger partial charge in [-0.2, -0.15) is 0 Å². The summed E-state index contributed by atoms with van der Waals surface area (Å²) in [5.41, 5.74) is 1.90. The molecular formula is C15H17BrN2O. The van der Waals surface area contributed by atoms with E-state index in [9.17, 15) is 0 Å². The van der Waals surface area contributed by atoms with E-state index in [1.54, 1.807) is 0 Å². The molecule has 3 nitrogen and oxygen atoms in total. The van der Waals surface area contributed by atoms with Crippen molar-refractivity contribution in [3.8, 4) is 17.0 Å². The van der Waals surface area contributed by atoms with Crippen LogP contribution in [-0.2, 0) is 6.42 Å². The van der Waals surface area contributed by atoms with Crippen molar-refractivity contribution in [3.05, 3.63) is 40.8 Å². The lowest BCUT2D eigenvalue weighted by Gasteiger charge is -2.11. The molecule has 0 spiro atoms. The Morgan fingerprint density at radius 3 is 2.68 bits per heavy atom. The molecule has 0 unspecified atom stereocenters. The second kappa shape index (κ2) is 6.66. The average Bonchev–Trinajstić information content (AvgIpc) is 2.44. The van der Waals surface area contributed by atoms with Crippen molar-refractivity contribution in [2.75, 3.05) is 6.61 Å². The third kappa shape index (κ3) is 3.53. The first-order valence-electron chi connectivity index (χ1n) is 6.50. The van der Waals surface area contributed by atoms with Gasteiger partial charge in [-0.3, -0.25) is 0 Å². The number of para-hydroxylation sites is 1. The number of nitrogens with zero attached hydrogens (tertiary/aromatic N) is 2. The minimum Gasteiger partial charge on any atom is -0.493 e. The Bertz CT molecular complexity index is 558. The molecule has 1 aromatic carbocycles. The van der Waals surface area contributed by atoms with Gasteiger partial charge >= 0.3 is 0 Å². The van der Waals surface area contributed by atoms with Crippen molar-refractivity contribution in [2.24, 2.45) is 0 Å². The van der Waals surface area contributed by atoms with Crippen molar-refractivity contribution >= 4 is 15.9 Å². The van der Waals surface area contributed by atoms with Crippen LogP contribution in [0.4, 0.5) is 0 Å². The second-order valence-electron chi connectivity index (χ2n) is 4.19. The van der Waals surface area contributed by atoms with Gasteiger partial charge in [0.25, 0.3) is 0 Å². The van der Waals surface area contributed by atoms with E-state index in [-0.39, 0.29) is 0 Å². The molecule has 0 aliphatic rings. The highest BCUT2D eigenvalue weighted by molar-refractivity contribution is 9.10. The van der Waals surface area contributed by atoms with Crippen molar-refractivity contribution in [2.45, 2.75) is 26.7 Å². The molecule has 0 aliphatic heterocycles. The second-order valence-corrected chi connectivity index (χ2v) is 5.00. The molecule has 0 saturated carbocycles. The zero-order valence-electron chi connectivity index (χ0n) is 11.2. The number of halogens is 1. The summed E-state index contributed by atoms with van der Waals surface area (Å²) < 4.78 is 6.58. The Morgan fingerprint density at radius 1 is 1.16 bits per heavy atom. The van der Waals surface area contributed by atoms with Crippen LogP contribution in [0, 0.1) is 0 Å². The number of hydrogen-bond donors (Lipinski definition) is 0. The fraction of sp³-hybridized carbons (Fsp3) is 0.333. The van der Waals surface area contributed by atoms with Crippen molar-refractivity contribution in [3.63, 3.8) is 0 Å². The van der Waals surface area contributed by atoms with Crippen LogP contribution in [0.25, 0.3) is 11.3 Å². The van der Waals surface area contributed by atoms with Crippen LogP contribution in [0.5, 0.6) is 5.75 Å². The molecule has 1 aromatic heterocycles. The molecule has 0 saturated heterocycles. The largest absolute Gasteiger partial charge is 0.493 e. The fourth-order valence-electron chi connectivity index (χ4n) is 1.78. The Labute approximate surface area is 122 Å². The summed E-state index contributed by atoms with van der Waals surface area (Å²) in [6, 6.07) is 9.90. The standard InChI is InChI=1S/C15H17BrN2O/c1-3-9-19-13-8-6-5-7-11(13)12-10-14(16)18-15(4-2)17-12/h5-8,10H,3-4,9H2,1-2H3. The van der Waals surface area contributed by atoms with Gasteiger partial charge in [0.1, 0.15) is 16.2 Å². The van der Waals surface area contributed by atoms with Crippen molar-refractivity contribution in [1.29, 1.82) is 0 Å². The van der Waals surface area contributed by atoms with E-state index < -0.39 is 0 Å². The van der Waals surface area contributed by atoms with Crippen LogP contribution in [0.2, 0.25) is 0 Å². The molecule has 2 rings (SSSR count). The quantitative estimate of drug-likeness (QED) is 0.772. The number of rotatable bonds is 5. The van der Waals surface area contributed by atoms with Crippen LogP contribution < -0.4 is 4.74 Å². The molecule has 1 heterocycles. The smallest absolute Gasteiger partial charge is 0.130 e. The highest BCUT2D eigenvalue weighted by Crippen LogP contribution is 2.29. The molecule has 0 N–H and O–H groups in total. The number of benzene rings is 1. The van der Waals surface area contributed by atoms with E-state index in [0.717, 1.165) is 40.3 Å². The number of ether oxygens (including phenoxy) is 1. The predicted molar refractivity (Wildman–Crippen MR) is 80.3 cm³/mol. The lowest BCUT2D eigenvalue weighted by molar-refractivity contribution is 0.318.